The summed E-state index contributed by atoms with van der Waals surface area (Å²) in [5.41, 5.74) is 0.439. The van der Waals surface area contributed by atoms with E-state index in [4.69, 9.17) is 9.47 Å². The van der Waals surface area contributed by atoms with Crippen molar-refractivity contribution < 1.29 is 23.5 Å². The number of benzene rings is 1. The summed E-state index contributed by atoms with van der Waals surface area (Å²) in [6.45, 7) is 2.02. The van der Waals surface area contributed by atoms with Gasteiger partial charge in [-0.2, -0.15) is 0 Å². The van der Waals surface area contributed by atoms with Crippen LogP contribution in [-0.2, 0) is 20.7 Å². The lowest BCUT2D eigenvalue weighted by atomic mass is 10.0. The highest BCUT2D eigenvalue weighted by atomic mass is 19.1. The van der Waals surface area contributed by atoms with E-state index in [1.165, 1.54) is 13.2 Å². The molecule has 0 aliphatic rings. The Morgan fingerprint density at radius 3 is 2.60 bits per heavy atom. The Morgan fingerprint density at radius 1 is 1.20 bits per heavy atom. The zero-order valence-electron chi connectivity index (χ0n) is 11.8. The molecule has 0 spiro atoms. The lowest BCUT2D eigenvalue weighted by molar-refractivity contribution is -0.144. The van der Waals surface area contributed by atoms with Gasteiger partial charge in [0.1, 0.15) is 5.78 Å². The van der Waals surface area contributed by atoms with Gasteiger partial charge in [-0.05, 0) is 25.0 Å². The molecule has 0 aliphatic carbocycles. The van der Waals surface area contributed by atoms with E-state index in [2.05, 4.69) is 0 Å². The molecule has 110 valence electrons. The van der Waals surface area contributed by atoms with E-state index in [1.807, 2.05) is 0 Å². The molecule has 0 amide bonds. The summed E-state index contributed by atoms with van der Waals surface area (Å²) in [4.78, 5) is 22.7. The smallest absolute Gasteiger partial charge is 0.306 e. The summed E-state index contributed by atoms with van der Waals surface area (Å²) in [7, 11) is 1.40. The van der Waals surface area contributed by atoms with Crippen molar-refractivity contribution in [1.29, 1.82) is 0 Å². The van der Waals surface area contributed by atoms with E-state index in [0.29, 0.717) is 18.6 Å². The van der Waals surface area contributed by atoms with Crippen LogP contribution in [0, 0.1) is 5.82 Å². The average Bonchev–Trinajstić information content (AvgIpc) is 2.44. The van der Waals surface area contributed by atoms with Gasteiger partial charge in [-0.1, -0.05) is 12.1 Å². The lowest BCUT2D eigenvalue weighted by Gasteiger charge is -2.07. The van der Waals surface area contributed by atoms with Crippen molar-refractivity contribution in [2.24, 2.45) is 0 Å². The number of halogens is 1. The van der Waals surface area contributed by atoms with Crippen LogP contribution in [0.25, 0.3) is 0 Å². The van der Waals surface area contributed by atoms with Gasteiger partial charge in [-0.3, -0.25) is 9.59 Å². The monoisotopic (exact) mass is 282 g/mol. The normalized spacial score (nSPS) is 10.2. The van der Waals surface area contributed by atoms with E-state index in [-0.39, 0.29) is 36.8 Å². The van der Waals surface area contributed by atoms with E-state index >= 15 is 0 Å². The van der Waals surface area contributed by atoms with E-state index in [9.17, 15) is 14.0 Å². The van der Waals surface area contributed by atoms with Gasteiger partial charge in [0, 0.05) is 12.8 Å². The average molecular weight is 282 g/mol. The minimum Gasteiger partial charge on any atom is -0.494 e. The predicted octanol–water partition coefficient (Wildman–Crippen LogP) is 2.68. The Hall–Kier alpha value is -1.91. The number of carbonyl (C=O) groups is 2. The molecule has 20 heavy (non-hydrogen) atoms. The van der Waals surface area contributed by atoms with Crippen molar-refractivity contribution in [2.75, 3.05) is 13.7 Å². The van der Waals surface area contributed by atoms with Crippen molar-refractivity contribution in [3.63, 3.8) is 0 Å². The number of ketones is 1. The fourth-order valence-electron chi connectivity index (χ4n) is 1.78. The van der Waals surface area contributed by atoms with Crippen LogP contribution >= 0.6 is 0 Å². The molecular weight excluding hydrogens is 263 g/mol. The number of rotatable bonds is 8. The second-order valence-corrected chi connectivity index (χ2v) is 4.28. The molecule has 4 nitrogen and oxygen atoms in total. The Morgan fingerprint density at radius 2 is 1.95 bits per heavy atom. The first-order chi connectivity index (χ1) is 9.58. The fraction of sp³-hybridized carbons (Fsp3) is 0.467. The van der Waals surface area contributed by atoms with Crippen molar-refractivity contribution in [3.05, 3.63) is 29.6 Å². The molecule has 0 fully saturated rings. The largest absolute Gasteiger partial charge is 0.494 e. The summed E-state index contributed by atoms with van der Waals surface area (Å²) in [5.74, 6) is -0.733. The molecular formula is C15H19FO4. The predicted molar refractivity (Wildman–Crippen MR) is 72.1 cm³/mol. The van der Waals surface area contributed by atoms with Gasteiger partial charge < -0.3 is 9.47 Å². The van der Waals surface area contributed by atoms with Gasteiger partial charge in [0.15, 0.2) is 11.6 Å². The van der Waals surface area contributed by atoms with Crippen molar-refractivity contribution in [1.82, 2.24) is 0 Å². The van der Waals surface area contributed by atoms with E-state index in [0.717, 1.165) is 0 Å². The zero-order valence-corrected chi connectivity index (χ0v) is 11.8. The van der Waals surface area contributed by atoms with Crippen molar-refractivity contribution in [2.45, 2.75) is 32.6 Å². The number of esters is 1. The second kappa shape index (κ2) is 8.30. The molecule has 1 aromatic carbocycles. The lowest BCUT2D eigenvalue weighted by Crippen LogP contribution is -2.08. The highest BCUT2D eigenvalue weighted by Crippen LogP contribution is 2.21. The van der Waals surface area contributed by atoms with Crippen molar-refractivity contribution in [3.8, 4) is 5.75 Å². The number of aryl methyl sites for hydroxylation is 1. The third kappa shape index (κ3) is 4.99. The summed E-state index contributed by atoms with van der Waals surface area (Å²) in [5, 5.41) is 0. The number of ether oxygens (including phenoxy) is 2. The molecule has 0 N–H and O–H groups in total. The van der Waals surface area contributed by atoms with Gasteiger partial charge >= 0.3 is 5.97 Å². The highest BCUT2D eigenvalue weighted by molar-refractivity contribution is 5.83. The minimum atomic E-state index is -0.437. The van der Waals surface area contributed by atoms with Crippen LogP contribution in [0.2, 0.25) is 0 Å². The van der Waals surface area contributed by atoms with Crippen LogP contribution in [0.1, 0.15) is 31.7 Å². The van der Waals surface area contributed by atoms with Crippen molar-refractivity contribution >= 4 is 11.8 Å². The second-order valence-electron chi connectivity index (χ2n) is 4.28. The summed E-state index contributed by atoms with van der Waals surface area (Å²) in [6, 6.07) is 4.83. The number of carbonyl (C=O) groups excluding carboxylic acids is 2. The van der Waals surface area contributed by atoms with Crippen LogP contribution in [-0.4, -0.2) is 25.5 Å². The first-order valence-corrected chi connectivity index (χ1v) is 6.57. The first kappa shape index (κ1) is 16.1. The molecule has 0 aliphatic heterocycles. The summed E-state index contributed by atoms with van der Waals surface area (Å²) >= 11 is 0. The van der Waals surface area contributed by atoms with Gasteiger partial charge in [0.05, 0.1) is 20.1 Å². The Balaban J connectivity index is 2.43. The molecule has 5 heteroatoms. The topological polar surface area (TPSA) is 52.6 Å². The van der Waals surface area contributed by atoms with Gasteiger partial charge in [-0.25, -0.2) is 4.39 Å². The van der Waals surface area contributed by atoms with E-state index < -0.39 is 5.82 Å². The molecule has 1 aromatic rings. The molecule has 0 saturated heterocycles. The van der Waals surface area contributed by atoms with Crippen LogP contribution in [0.5, 0.6) is 5.75 Å². The van der Waals surface area contributed by atoms with Crippen LogP contribution in [0.3, 0.4) is 0 Å². The van der Waals surface area contributed by atoms with Crippen LogP contribution in [0.15, 0.2) is 18.2 Å². The number of hydrogen-bond acceptors (Lipinski definition) is 4. The van der Waals surface area contributed by atoms with Crippen LogP contribution in [0.4, 0.5) is 4.39 Å². The zero-order chi connectivity index (χ0) is 15.0. The number of hydrogen-bond donors (Lipinski definition) is 0. The van der Waals surface area contributed by atoms with Crippen LogP contribution < -0.4 is 4.74 Å². The molecule has 0 unspecified atom stereocenters. The molecule has 1 rings (SSSR count). The fourth-order valence-corrected chi connectivity index (χ4v) is 1.78. The molecule has 0 saturated carbocycles. The highest BCUT2D eigenvalue weighted by Gasteiger charge is 2.11. The quantitative estimate of drug-likeness (QED) is 0.688. The number of methoxy groups -OCH3 is 1. The Kier molecular flexibility index (Phi) is 6.70. The van der Waals surface area contributed by atoms with Gasteiger partial charge in [0.25, 0.3) is 0 Å². The molecule has 0 radical (unpaired) electrons. The third-order valence-electron chi connectivity index (χ3n) is 2.85. The number of Topliss-reactive ketones (excluding diaryl/α,β-unsaturated/α-hetero) is 1. The molecule has 0 aromatic heterocycles. The minimum absolute atomic E-state index is 0.0767. The maximum absolute atomic E-state index is 13.8. The van der Waals surface area contributed by atoms with Gasteiger partial charge in [0.2, 0.25) is 0 Å². The van der Waals surface area contributed by atoms with Gasteiger partial charge in [-0.15, -0.1) is 0 Å². The molecule has 0 heterocycles. The summed E-state index contributed by atoms with van der Waals surface area (Å²) < 4.78 is 23.4. The standard InChI is InChI=1S/C15H19FO4/c1-3-20-14(18)10-9-12(17)8-7-11-5-4-6-13(19-2)15(11)16/h4-6H,3,7-10H2,1-2H3. The Bertz CT molecular complexity index is 471. The maximum Gasteiger partial charge on any atom is 0.306 e. The molecule has 0 atom stereocenters. The van der Waals surface area contributed by atoms with E-state index in [1.54, 1.807) is 19.1 Å². The maximum atomic E-state index is 13.8. The first-order valence-electron chi connectivity index (χ1n) is 6.57. The molecule has 0 bridgehead atoms. The summed E-state index contributed by atoms with van der Waals surface area (Å²) in [6.07, 6.45) is 0.700. The Labute approximate surface area is 117 Å². The third-order valence-corrected chi connectivity index (χ3v) is 2.85. The SMILES string of the molecule is CCOC(=O)CCC(=O)CCc1cccc(OC)c1F.